The van der Waals surface area contributed by atoms with Gasteiger partial charge in [0.05, 0.1) is 35.3 Å². The van der Waals surface area contributed by atoms with Gasteiger partial charge in [-0.05, 0) is 24.3 Å². The summed E-state index contributed by atoms with van der Waals surface area (Å²) >= 11 is 6.04. The lowest BCUT2D eigenvalue weighted by molar-refractivity contribution is -0.385. The number of ether oxygens (including phenoxy) is 2. The van der Waals surface area contributed by atoms with E-state index in [0.29, 0.717) is 17.1 Å². The predicted octanol–water partition coefficient (Wildman–Crippen LogP) is 4.16. The topological polar surface area (TPSA) is 78.7 Å². The Bertz CT molecular complexity index is 817. The summed E-state index contributed by atoms with van der Waals surface area (Å²) in [5, 5.41) is 11.3. The summed E-state index contributed by atoms with van der Waals surface area (Å²) in [6, 6.07) is 9.08. The highest BCUT2D eigenvalue weighted by Crippen LogP contribution is 2.33. The SMILES string of the molecule is COc1cc(OC)c(C(=O)/C=C/c2ccccc2[N+](=O)[O-])cc1Cl. The first-order chi connectivity index (χ1) is 11.5. The van der Waals surface area contributed by atoms with E-state index in [9.17, 15) is 14.9 Å². The molecular formula is C17H14ClNO5. The van der Waals surface area contributed by atoms with Gasteiger partial charge in [0.15, 0.2) is 5.78 Å². The van der Waals surface area contributed by atoms with Crippen LogP contribution < -0.4 is 9.47 Å². The number of ketones is 1. The van der Waals surface area contributed by atoms with E-state index >= 15 is 0 Å². The maximum Gasteiger partial charge on any atom is 0.276 e. The quantitative estimate of drug-likeness (QED) is 0.339. The van der Waals surface area contributed by atoms with Gasteiger partial charge in [-0.1, -0.05) is 23.7 Å². The van der Waals surface area contributed by atoms with E-state index < -0.39 is 10.7 Å². The third-order valence-electron chi connectivity index (χ3n) is 3.29. The van der Waals surface area contributed by atoms with Crippen molar-refractivity contribution < 1.29 is 19.2 Å². The molecule has 0 aliphatic carbocycles. The molecule has 0 aliphatic heterocycles. The highest BCUT2D eigenvalue weighted by molar-refractivity contribution is 6.32. The molecule has 0 atom stereocenters. The average Bonchev–Trinajstić information content (AvgIpc) is 2.59. The first kappa shape index (κ1) is 17.5. The maximum absolute atomic E-state index is 12.4. The first-order valence-electron chi connectivity index (χ1n) is 6.85. The molecule has 0 saturated carbocycles. The second-order valence-corrected chi connectivity index (χ2v) is 5.11. The zero-order valence-electron chi connectivity index (χ0n) is 13.0. The van der Waals surface area contributed by atoms with Gasteiger partial charge in [-0.3, -0.25) is 14.9 Å². The van der Waals surface area contributed by atoms with Crippen LogP contribution in [0.5, 0.6) is 11.5 Å². The van der Waals surface area contributed by atoms with Crippen LogP contribution in [0.25, 0.3) is 6.08 Å². The Kier molecular flexibility index (Phi) is 5.55. The van der Waals surface area contributed by atoms with Crippen molar-refractivity contribution in [2.45, 2.75) is 0 Å². The van der Waals surface area contributed by atoms with E-state index in [4.69, 9.17) is 21.1 Å². The van der Waals surface area contributed by atoms with Crippen LogP contribution in [0.4, 0.5) is 5.69 Å². The maximum atomic E-state index is 12.4. The van der Waals surface area contributed by atoms with Crippen molar-refractivity contribution >= 4 is 29.1 Å². The molecule has 2 aromatic carbocycles. The van der Waals surface area contributed by atoms with Crippen LogP contribution in [-0.4, -0.2) is 24.9 Å². The van der Waals surface area contributed by atoms with Gasteiger partial charge in [-0.25, -0.2) is 0 Å². The number of allylic oxidation sites excluding steroid dienone is 1. The molecule has 124 valence electrons. The fourth-order valence-corrected chi connectivity index (χ4v) is 2.34. The number of hydrogen-bond donors (Lipinski definition) is 0. The second kappa shape index (κ2) is 7.61. The second-order valence-electron chi connectivity index (χ2n) is 4.70. The van der Waals surface area contributed by atoms with Gasteiger partial charge in [0, 0.05) is 12.1 Å². The molecule has 2 rings (SSSR count). The zero-order valence-corrected chi connectivity index (χ0v) is 13.7. The molecular weight excluding hydrogens is 334 g/mol. The van der Waals surface area contributed by atoms with Crippen molar-refractivity contribution in [3.63, 3.8) is 0 Å². The molecule has 6 nitrogen and oxygen atoms in total. The van der Waals surface area contributed by atoms with Gasteiger partial charge in [0.25, 0.3) is 5.69 Å². The molecule has 0 amide bonds. The Morgan fingerprint density at radius 2 is 1.83 bits per heavy atom. The van der Waals surface area contributed by atoms with Crippen molar-refractivity contribution in [1.29, 1.82) is 0 Å². The number of rotatable bonds is 6. The van der Waals surface area contributed by atoms with Gasteiger partial charge in [-0.15, -0.1) is 0 Å². The van der Waals surface area contributed by atoms with E-state index in [-0.39, 0.29) is 16.3 Å². The van der Waals surface area contributed by atoms with E-state index in [1.54, 1.807) is 18.2 Å². The van der Waals surface area contributed by atoms with E-state index in [1.165, 1.54) is 44.6 Å². The lowest BCUT2D eigenvalue weighted by Gasteiger charge is -2.10. The van der Waals surface area contributed by atoms with Gasteiger partial charge >= 0.3 is 0 Å². The number of nitro benzene ring substituents is 1. The molecule has 0 fully saturated rings. The number of para-hydroxylation sites is 1. The summed E-state index contributed by atoms with van der Waals surface area (Å²) in [7, 11) is 2.88. The molecule has 0 aliphatic rings. The van der Waals surface area contributed by atoms with E-state index in [1.807, 2.05) is 0 Å². The highest BCUT2D eigenvalue weighted by atomic mass is 35.5. The van der Waals surface area contributed by atoms with Crippen LogP contribution in [0.15, 0.2) is 42.5 Å². The monoisotopic (exact) mass is 347 g/mol. The lowest BCUT2D eigenvalue weighted by atomic mass is 10.1. The largest absolute Gasteiger partial charge is 0.496 e. The summed E-state index contributed by atoms with van der Waals surface area (Å²) in [5.74, 6) is 0.288. The number of halogens is 1. The zero-order chi connectivity index (χ0) is 17.7. The fourth-order valence-electron chi connectivity index (χ4n) is 2.10. The molecule has 0 radical (unpaired) electrons. The summed E-state index contributed by atoms with van der Waals surface area (Å²) in [5.41, 5.74) is 0.480. The van der Waals surface area contributed by atoms with Crippen molar-refractivity contribution in [3.05, 3.63) is 68.7 Å². The van der Waals surface area contributed by atoms with Gasteiger partial charge < -0.3 is 9.47 Å². The summed E-state index contributed by atoms with van der Waals surface area (Å²) in [6.45, 7) is 0. The van der Waals surface area contributed by atoms with Gasteiger partial charge in [0.1, 0.15) is 11.5 Å². The lowest BCUT2D eigenvalue weighted by Crippen LogP contribution is -2.00. The third kappa shape index (κ3) is 3.72. The van der Waals surface area contributed by atoms with Crippen molar-refractivity contribution in [1.82, 2.24) is 0 Å². The number of hydrogen-bond acceptors (Lipinski definition) is 5. The molecule has 7 heteroatoms. The molecule has 0 N–H and O–H groups in total. The van der Waals surface area contributed by atoms with Crippen LogP contribution in [-0.2, 0) is 0 Å². The highest BCUT2D eigenvalue weighted by Gasteiger charge is 2.15. The normalized spacial score (nSPS) is 10.6. The number of carbonyl (C=O) groups is 1. The minimum absolute atomic E-state index is 0.0821. The molecule has 0 saturated heterocycles. The first-order valence-corrected chi connectivity index (χ1v) is 7.23. The Balaban J connectivity index is 2.37. The van der Waals surface area contributed by atoms with Crippen LogP contribution in [0, 0.1) is 10.1 Å². The molecule has 0 heterocycles. The summed E-state index contributed by atoms with van der Waals surface area (Å²) in [6.07, 6.45) is 2.63. The van der Waals surface area contributed by atoms with Gasteiger partial charge in [0.2, 0.25) is 0 Å². The Morgan fingerprint density at radius 3 is 2.46 bits per heavy atom. The van der Waals surface area contributed by atoms with Crippen molar-refractivity contribution in [2.75, 3.05) is 14.2 Å². The molecule has 0 bridgehead atoms. The fraction of sp³-hybridized carbons (Fsp3) is 0.118. The summed E-state index contributed by atoms with van der Waals surface area (Å²) < 4.78 is 10.3. The third-order valence-corrected chi connectivity index (χ3v) is 3.58. The van der Waals surface area contributed by atoms with Gasteiger partial charge in [-0.2, -0.15) is 0 Å². The van der Waals surface area contributed by atoms with Crippen molar-refractivity contribution in [2.24, 2.45) is 0 Å². The van der Waals surface area contributed by atoms with E-state index in [2.05, 4.69) is 0 Å². The van der Waals surface area contributed by atoms with E-state index in [0.717, 1.165) is 0 Å². The Labute approximate surface area is 143 Å². The Hall–Kier alpha value is -2.86. The number of methoxy groups -OCH3 is 2. The number of nitrogens with zero attached hydrogens (tertiary/aromatic N) is 1. The molecule has 0 aromatic heterocycles. The number of nitro groups is 1. The molecule has 0 spiro atoms. The van der Waals surface area contributed by atoms with Crippen molar-refractivity contribution in [3.8, 4) is 11.5 Å². The molecule has 2 aromatic rings. The predicted molar refractivity (Wildman–Crippen MR) is 91.0 cm³/mol. The molecule has 0 unspecified atom stereocenters. The average molecular weight is 348 g/mol. The van der Waals surface area contributed by atoms with Crippen LogP contribution in [0.2, 0.25) is 5.02 Å². The van der Waals surface area contributed by atoms with Crippen LogP contribution >= 0.6 is 11.6 Å². The number of carbonyl (C=O) groups excluding carboxylic acids is 1. The Morgan fingerprint density at radius 1 is 1.17 bits per heavy atom. The van der Waals surface area contributed by atoms with Crippen LogP contribution in [0.3, 0.4) is 0 Å². The minimum Gasteiger partial charge on any atom is -0.496 e. The smallest absolute Gasteiger partial charge is 0.276 e. The molecule has 24 heavy (non-hydrogen) atoms. The van der Waals surface area contributed by atoms with Crippen LogP contribution in [0.1, 0.15) is 15.9 Å². The minimum atomic E-state index is -0.505. The standard InChI is InChI=1S/C17H14ClNO5/c1-23-16-10-17(24-2)13(18)9-12(16)15(20)8-7-11-5-3-4-6-14(11)19(21)22/h3-10H,1-2H3/b8-7+. The number of benzene rings is 2. The summed E-state index contributed by atoms with van der Waals surface area (Å²) in [4.78, 5) is 22.9.